The van der Waals surface area contributed by atoms with Crippen LogP contribution in [0.1, 0.15) is 44.3 Å². The standard InChI is InChI=1S/C60H41N7/c61-33-44-10-8-14-47(31-44)54-26-24-40(35-64-54)20-22-42-28-43(23-21-41-25-27-55(65-36-41)48-15-9-11-45(32-48)34-62)30-49(29-42)50-16-4-5-17-51(50)53-37-66-60-52-18-6-7-19-56(52)67-39-63-38-57(67)59(60)58(53)46-12-2-1-3-13-46/h1-19,24-32,35-39H,20-23H2/i20D2,21D2,22D2,23D2. The van der Waals surface area contributed by atoms with Crippen LogP contribution in [0, 0.1) is 22.7 Å². The summed E-state index contributed by atoms with van der Waals surface area (Å²) in [6.45, 7) is 0. The van der Waals surface area contributed by atoms with Gasteiger partial charge in [-0.05, 0) is 112 Å². The Morgan fingerprint density at radius 1 is 0.448 bits per heavy atom. The molecule has 5 heterocycles. The van der Waals surface area contributed by atoms with Gasteiger partial charge in [-0.25, -0.2) is 4.98 Å². The van der Waals surface area contributed by atoms with E-state index in [1.165, 1.54) is 42.7 Å². The minimum absolute atomic E-state index is 0.0988. The van der Waals surface area contributed by atoms with Gasteiger partial charge in [-0.3, -0.25) is 19.4 Å². The summed E-state index contributed by atoms with van der Waals surface area (Å²) in [6, 6.07) is 53.3. The number of aromatic nitrogens is 5. The zero-order chi connectivity index (χ0) is 52.3. The molecule has 11 aromatic rings. The Morgan fingerprint density at radius 2 is 1.03 bits per heavy atom. The lowest BCUT2D eigenvalue weighted by molar-refractivity contribution is 0.923. The second-order valence-corrected chi connectivity index (χ2v) is 15.9. The van der Waals surface area contributed by atoms with E-state index >= 15 is 0 Å². The van der Waals surface area contributed by atoms with Gasteiger partial charge < -0.3 is 0 Å². The van der Waals surface area contributed by atoms with Gasteiger partial charge in [-0.15, -0.1) is 0 Å². The molecule has 0 aliphatic heterocycles. The normalized spacial score (nSPS) is 13.8. The van der Waals surface area contributed by atoms with Gasteiger partial charge in [0.2, 0.25) is 0 Å². The molecule has 0 radical (unpaired) electrons. The van der Waals surface area contributed by atoms with Crippen molar-refractivity contribution in [2.24, 2.45) is 0 Å². The highest BCUT2D eigenvalue weighted by Crippen LogP contribution is 2.44. The van der Waals surface area contributed by atoms with Crippen molar-refractivity contribution < 1.29 is 11.0 Å². The molecule has 0 saturated carbocycles. The molecular weight excluding hydrogens is 819 g/mol. The first kappa shape index (κ1) is 32.6. The minimum atomic E-state index is -2.89. The first-order valence-electron chi connectivity index (χ1n) is 25.5. The first-order chi connectivity index (χ1) is 36.1. The zero-order valence-corrected chi connectivity index (χ0v) is 35.7. The van der Waals surface area contributed by atoms with E-state index in [4.69, 9.17) is 4.98 Å². The largest absolute Gasteiger partial charge is 0.298 e. The Labute approximate surface area is 399 Å². The SMILES string of the molecule is [2H]C([2H])(c1ccc(-c2cccc(C#N)c2)nc1)C([2H])([2H])c1cc(-c2ccccc2-c2cnc3c4ccccc4n4cncc4c3c2-c2ccccc2)cc(C([2H])([2H])C([2H])([2H])c2ccc(-c3cccc(C#N)c3)nc2)c1. The number of para-hydroxylation sites is 1. The number of hydrogen-bond donors (Lipinski definition) is 0. The van der Waals surface area contributed by atoms with Crippen molar-refractivity contribution in [3.8, 4) is 68.0 Å². The number of rotatable bonds is 11. The molecule has 0 saturated heterocycles. The lowest BCUT2D eigenvalue weighted by Gasteiger charge is -2.19. The van der Waals surface area contributed by atoms with Crippen LogP contribution in [0.3, 0.4) is 0 Å². The number of benzene rings is 6. The molecule has 0 atom stereocenters. The monoisotopic (exact) mass is 867 g/mol. The van der Waals surface area contributed by atoms with E-state index < -0.39 is 25.5 Å². The fraction of sp³-hybridized carbons (Fsp3) is 0.0667. The van der Waals surface area contributed by atoms with Crippen molar-refractivity contribution in [2.45, 2.75) is 25.5 Å². The van der Waals surface area contributed by atoms with Crippen LogP contribution in [0.2, 0.25) is 0 Å². The van der Waals surface area contributed by atoms with E-state index in [1.807, 2.05) is 95.7 Å². The maximum Gasteiger partial charge on any atom is 0.0997 e. The molecule has 0 aliphatic carbocycles. The third kappa shape index (κ3) is 8.08. The summed E-state index contributed by atoms with van der Waals surface area (Å²) >= 11 is 0. The number of fused-ring (bicyclic) bond motifs is 6. The molecule has 0 unspecified atom stereocenters. The van der Waals surface area contributed by atoms with Crippen LogP contribution in [0.25, 0.3) is 83.2 Å². The van der Waals surface area contributed by atoms with Crippen LogP contribution in [0.15, 0.2) is 201 Å². The lowest BCUT2D eigenvalue weighted by Crippen LogP contribution is -1.99. The van der Waals surface area contributed by atoms with E-state index in [0.29, 0.717) is 55.9 Å². The van der Waals surface area contributed by atoms with Crippen molar-refractivity contribution >= 4 is 27.3 Å². The molecule has 0 fully saturated rings. The van der Waals surface area contributed by atoms with Crippen LogP contribution < -0.4 is 0 Å². The van der Waals surface area contributed by atoms with Gasteiger partial charge in [0.25, 0.3) is 0 Å². The molecule has 0 amide bonds. The highest BCUT2D eigenvalue weighted by atomic mass is 15.0. The highest BCUT2D eigenvalue weighted by molar-refractivity contribution is 6.18. The maximum absolute atomic E-state index is 9.74. The molecule has 11 rings (SSSR count). The molecule has 0 N–H and O–H groups in total. The van der Waals surface area contributed by atoms with Crippen molar-refractivity contribution in [1.29, 1.82) is 10.5 Å². The number of hydrogen-bond acceptors (Lipinski definition) is 6. The second-order valence-electron chi connectivity index (χ2n) is 15.9. The van der Waals surface area contributed by atoms with Crippen LogP contribution in [-0.2, 0) is 25.5 Å². The average Bonchev–Trinajstić information content (AvgIpc) is 3.98. The second kappa shape index (κ2) is 17.9. The van der Waals surface area contributed by atoms with Crippen LogP contribution in [0.5, 0.6) is 0 Å². The van der Waals surface area contributed by atoms with Crippen LogP contribution in [0.4, 0.5) is 0 Å². The Balaban J connectivity index is 1.10. The summed E-state index contributed by atoms with van der Waals surface area (Å²) in [5.74, 6) is 0. The molecule has 7 heteroatoms. The number of aryl methyl sites for hydroxylation is 4. The number of nitriles is 2. The van der Waals surface area contributed by atoms with Crippen LogP contribution >= 0.6 is 0 Å². The maximum atomic E-state index is 9.74. The quantitative estimate of drug-likeness (QED) is 0.120. The van der Waals surface area contributed by atoms with Gasteiger partial charge >= 0.3 is 0 Å². The van der Waals surface area contributed by atoms with Crippen molar-refractivity contribution in [1.82, 2.24) is 24.3 Å². The predicted octanol–water partition coefficient (Wildman–Crippen LogP) is 13.5. The van der Waals surface area contributed by atoms with E-state index in [-0.39, 0.29) is 22.3 Å². The van der Waals surface area contributed by atoms with Crippen molar-refractivity contribution in [3.05, 3.63) is 234 Å². The predicted molar refractivity (Wildman–Crippen MR) is 268 cm³/mol. The fourth-order valence-electron chi connectivity index (χ4n) is 8.59. The summed E-state index contributed by atoms with van der Waals surface area (Å²) in [7, 11) is 0. The molecule has 0 bridgehead atoms. The Morgan fingerprint density at radius 3 is 1.66 bits per heavy atom. The molecule has 5 aromatic heterocycles. The summed E-state index contributed by atoms with van der Waals surface area (Å²) < 4.78 is 79.0. The van der Waals surface area contributed by atoms with Crippen molar-refractivity contribution in [3.63, 3.8) is 0 Å². The highest BCUT2D eigenvalue weighted by Gasteiger charge is 2.21. The van der Waals surface area contributed by atoms with E-state index in [1.54, 1.807) is 67.0 Å². The van der Waals surface area contributed by atoms with Gasteiger partial charge in [-0.2, -0.15) is 10.5 Å². The molecule has 0 spiro atoms. The molecular formula is C60H41N7. The molecule has 316 valence electrons. The molecule has 67 heavy (non-hydrogen) atoms. The van der Waals surface area contributed by atoms with Gasteiger partial charge in [0.05, 0.1) is 63.7 Å². The zero-order valence-electron chi connectivity index (χ0n) is 43.7. The summed E-state index contributed by atoms with van der Waals surface area (Å²) in [4.78, 5) is 18.7. The Bertz CT molecular complexity index is 3960. The number of nitrogens with zero attached hydrogens (tertiary/aromatic N) is 7. The Hall–Kier alpha value is -9.04. The van der Waals surface area contributed by atoms with Gasteiger partial charge in [0, 0.05) is 62.6 Å². The average molecular weight is 868 g/mol. The number of imidazole rings is 1. The lowest BCUT2D eigenvalue weighted by atomic mass is 9.86. The van der Waals surface area contributed by atoms with E-state index in [9.17, 15) is 21.5 Å². The summed E-state index contributed by atoms with van der Waals surface area (Å²) in [5, 5.41) is 20.7. The first-order valence-corrected chi connectivity index (χ1v) is 21.5. The Kier molecular flexibility index (Phi) is 8.68. The fourth-order valence-corrected chi connectivity index (χ4v) is 8.59. The van der Waals surface area contributed by atoms with E-state index in [0.717, 1.165) is 38.4 Å². The molecule has 7 nitrogen and oxygen atoms in total. The third-order valence-corrected chi connectivity index (χ3v) is 11.7. The van der Waals surface area contributed by atoms with E-state index in [2.05, 4.69) is 27.1 Å². The summed E-state index contributed by atoms with van der Waals surface area (Å²) in [6.07, 6.45) is -3.46. The van der Waals surface area contributed by atoms with Crippen molar-refractivity contribution in [2.75, 3.05) is 0 Å². The van der Waals surface area contributed by atoms with Crippen LogP contribution in [-0.4, -0.2) is 24.3 Å². The summed E-state index contributed by atoms with van der Waals surface area (Å²) in [5.41, 5.74) is 8.65. The smallest absolute Gasteiger partial charge is 0.0997 e. The molecule has 6 aromatic carbocycles. The number of pyridine rings is 4. The molecule has 0 aliphatic rings. The third-order valence-electron chi connectivity index (χ3n) is 11.7. The van der Waals surface area contributed by atoms with Gasteiger partial charge in [0.15, 0.2) is 0 Å². The minimum Gasteiger partial charge on any atom is -0.298 e. The topological polar surface area (TPSA) is 104 Å². The van der Waals surface area contributed by atoms with Gasteiger partial charge in [0.1, 0.15) is 0 Å². The van der Waals surface area contributed by atoms with Gasteiger partial charge in [-0.1, -0.05) is 127 Å².